The highest BCUT2D eigenvalue weighted by atomic mass is 35.5. The fraction of sp³-hybridized carbons (Fsp3) is 0.200. The highest BCUT2D eigenvalue weighted by molar-refractivity contribution is 6.48. The molecular weight excluding hydrogens is 320 g/mol. The van der Waals surface area contributed by atoms with Gasteiger partial charge in [0.2, 0.25) is 0 Å². The third-order valence-corrected chi connectivity index (χ3v) is 4.37. The van der Waals surface area contributed by atoms with Crippen LogP contribution in [0.15, 0.2) is 36.4 Å². The van der Waals surface area contributed by atoms with Gasteiger partial charge in [-0.1, -0.05) is 53.0 Å². The van der Waals surface area contributed by atoms with Gasteiger partial charge >= 0.3 is 0 Å². The lowest BCUT2D eigenvalue weighted by Gasteiger charge is -2.17. The predicted octanol–water partition coefficient (Wildman–Crippen LogP) is 5.64. The lowest BCUT2D eigenvalue weighted by molar-refractivity contribution is 0.573. The molecule has 0 radical (unpaired) electrons. The van der Waals surface area contributed by atoms with Gasteiger partial charge in [-0.2, -0.15) is 0 Å². The maximum atomic E-state index is 12.8. The van der Waals surface area contributed by atoms with Gasteiger partial charge in [0.05, 0.1) is 15.1 Å². The lowest BCUT2D eigenvalue weighted by Crippen LogP contribution is -2.18. The van der Waals surface area contributed by atoms with Crippen molar-refractivity contribution in [2.24, 2.45) is 0 Å². The van der Waals surface area contributed by atoms with Crippen LogP contribution in [-0.4, -0.2) is 0 Å². The maximum absolute atomic E-state index is 12.8. The smallest absolute Gasteiger partial charge is 0.123 e. The summed E-state index contributed by atoms with van der Waals surface area (Å²) in [7, 11) is 0. The van der Waals surface area contributed by atoms with Crippen LogP contribution in [0.5, 0.6) is 0 Å². The Kier molecular flexibility index (Phi) is 5.28. The molecule has 106 valence electrons. The molecule has 0 heterocycles. The predicted molar refractivity (Wildman–Crippen MR) is 83.1 cm³/mol. The largest absolute Gasteiger partial charge is 0.306 e. The van der Waals surface area contributed by atoms with E-state index in [-0.39, 0.29) is 11.9 Å². The molecule has 0 aliphatic carbocycles. The average molecular weight is 333 g/mol. The lowest BCUT2D eigenvalue weighted by atomic mass is 10.1. The molecular formula is C15H13Cl3FN. The van der Waals surface area contributed by atoms with Crippen LogP contribution in [0.1, 0.15) is 24.1 Å². The van der Waals surface area contributed by atoms with Crippen LogP contribution in [0, 0.1) is 5.82 Å². The molecule has 2 rings (SSSR count). The number of nitrogens with one attached hydrogen (secondary N) is 1. The summed E-state index contributed by atoms with van der Waals surface area (Å²) >= 11 is 18.1. The van der Waals surface area contributed by atoms with E-state index < -0.39 is 0 Å². The van der Waals surface area contributed by atoms with Crippen molar-refractivity contribution in [1.82, 2.24) is 5.32 Å². The number of rotatable bonds is 4. The molecule has 0 saturated heterocycles. The van der Waals surface area contributed by atoms with Crippen molar-refractivity contribution in [3.63, 3.8) is 0 Å². The van der Waals surface area contributed by atoms with E-state index in [0.717, 1.165) is 11.1 Å². The third-order valence-electron chi connectivity index (χ3n) is 3.06. The Morgan fingerprint density at radius 3 is 2.30 bits per heavy atom. The van der Waals surface area contributed by atoms with Gasteiger partial charge in [0.25, 0.3) is 0 Å². The molecule has 0 spiro atoms. The average Bonchev–Trinajstić information content (AvgIpc) is 2.44. The Balaban J connectivity index is 2.07. The molecule has 2 aromatic carbocycles. The number of hydrogen-bond acceptors (Lipinski definition) is 1. The van der Waals surface area contributed by atoms with Crippen LogP contribution in [-0.2, 0) is 6.54 Å². The molecule has 2 aromatic rings. The molecule has 1 N–H and O–H groups in total. The zero-order valence-corrected chi connectivity index (χ0v) is 13.0. The van der Waals surface area contributed by atoms with Crippen molar-refractivity contribution in [2.45, 2.75) is 19.5 Å². The Labute approximate surface area is 132 Å². The summed E-state index contributed by atoms with van der Waals surface area (Å²) in [6, 6.07) is 9.93. The van der Waals surface area contributed by atoms with Gasteiger partial charge in [-0.3, -0.25) is 0 Å². The van der Waals surface area contributed by atoms with Crippen LogP contribution in [0.25, 0.3) is 0 Å². The van der Waals surface area contributed by atoms with E-state index in [1.165, 1.54) is 12.1 Å². The van der Waals surface area contributed by atoms with Gasteiger partial charge in [-0.15, -0.1) is 0 Å². The Morgan fingerprint density at radius 2 is 1.65 bits per heavy atom. The van der Waals surface area contributed by atoms with Gasteiger partial charge < -0.3 is 5.32 Å². The van der Waals surface area contributed by atoms with E-state index in [4.69, 9.17) is 34.8 Å². The minimum absolute atomic E-state index is 0.00215. The van der Waals surface area contributed by atoms with E-state index in [0.29, 0.717) is 21.6 Å². The standard InChI is InChI=1S/C15H13Cl3FN/c1-9(12-6-7-13(16)15(18)14(12)17)20-8-10-2-4-11(19)5-3-10/h2-7,9,20H,8H2,1H3. The van der Waals surface area contributed by atoms with Crippen molar-refractivity contribution in [2.75, 3.05) is 0 Å². The second kappa shape index (κ2) is 6.77. The van der Waals surface area contributed by atoms with Crippen LogP contribution in [0.2, 0.25) is 15.1 Å². The summed E-state index contributed by atoms with van der Waals surface area (Å²) in [5.41, 5.74) is 1.87. The Morgan fingerprint density at radius 1 is 1.00 bits per heavy atom. The molecule has 0 saturated carbocycles. The Bertz CT molecular complexity index is 599. The SMILES string of the molecule is CC(NCc1ccc(F)cc1)c1ccc(Cl)c(Cl)c1Cl. The molecule has 1 unspecified atom stereocenters. The van der Waals surface area contributed by atoms with Gasteiger partial charge in [0, 0.05) is 12.6 Å². The van der Waals surface area contributed by atoms with Crippen molar-refractivity contribution in [3.05, 3.63) is 68.4 Å². The number of hydrogen-bond donors (Lipinski definition) is 1. The summed E-state index contributed by atoms with van der Waals surface area (Å²) in [4.78, 5) is 0. The highest BCUT2D eigenvalue weighted by Crippen LogP contribution is 2.35. The van der Waals surface area contributed by atoms with Crippen LogP contribution in [0.4, 0.5) is 4.39 Å². The molecule has 0 fully saturated rings. The molecule has 20 heavy (non-hydrogen) atoms. The summed E-state index contributed by atoms with van der Waals surface area (Å²) in [6.07, 6.45) is 0. The van der Waals surface area contributed by atoms with Crippen molar-refractivity contribution in [1.29, 1.82) is 0 Å². The molecule has 1 nitrogen and oxygen atoms in total. The van der Waals surface area contributed by atoms with Gasteiger partial charge in [-0.05, 0) is 36.2 Å². The van der Waals surface area contributed by atoms with Crippen molar-refractivity contribution < 1.29 is 4.39 Å². The second-order valence-corrected chi connectivity index (χ2v) is 5.66. The first-order chi connectivity index (χ1) is 9.49. The zero-order valence-electron chi connectivity index (χ0n) is 10.8. The summed E-state index contributed by atoms with van der Waals surface area (Å²) in [5.74, 6) is -0.241. The molecule has 0 aliphatic heterocycles. The first-order valence-electron chi connectivity index (χ1n) is 6.10. The minimum atomic E-state index is -0.241. The third kappa shape index (κ3) is 3.64. The topological polar surface area (TPSA) is 12.0 Å². The first-order valence-corrected chi connectivity index (χ1v) is 7.23. The second-order valence-electron chi connectivity index (χ2n) is 4.49. The van der Waals surface area contributed by atoms with E-state index in [9.17, 15) is 4.39 Å². The normalized spacial score (nSPS) is 12.4. The highest BCUT2D eigenvalue weighted by Gasteiger charge is 2.13. The fourth-order valence-electron chi connectivity index (χ4n) is 1.86. The zero-order chi connectivity index (χ0) is 14.7. The van der Waals surface area contributed by atoms with E-state index >= 15 is 0 Å². The summed E-state index contributed by atoms with van der Waals surface area (Å²) < 4.78 is 12.8. The van der Waals surface area contributed by atoms with Crippen molar-refractivity contribution >= 4 is 34.8 Å². The molecule has 0 amide bonds. The van der Waals surface area contributed by atoms with Crippen LogP contribution in [0.3, 0.4) is 0 Å². The molecule has 0 aromatic heterocycles. The quantitative estimate of drug-likeness (QED) is 0.715. The van der Waals surface area contributed by atoms with Crippen LogP contribution < -0.4 is 5.32 Å². The van der Waals surface area contributed by atoms with E-state index in [1.54, 1.807) is 18.2 Å². The number of halogens is 4. The molecule has 0 bridgehead atoms. The fourth-order valence-corrected chi connectivity index (χ4v) is 2.56. The van der Waals surface area contributed by atoms with Crippen LogP contribution >= 0.6 is 34.8 Å². The van der Waals surface area contributed by atoms with E-state index in [1.807, 2.05) is 13.0 Å². The summed E-state index contributed by atoms with van der Waals surface area (Å²) in [5, 5.41) is 4.57. The monoisotopic (exact) mass is 331 g/mol. The number of benzene rings is 2. The van der Waals surface area contributed by atoms with Gasteiger partial charge in [-0.25, -0.2) is 4.39 Å². The van der Waals surface area contributed by atoms with E-state index in [2.05, 4.69) is 5.32 Å². The minimum Gasteiger partial charge on any atom is -0.306 e. The molecule has 1 atom stereocenters. The first kappa shape index (κ1) is 15.6. The summed E-state index contributed by atoms with van der Waals surface area (Å²) in [6.45, 7) is 2.59. The maximum Gasteiger partial charge on any atom is 0.123 e. The van der Waals surface area contributed by atoms with Gasteiger partial charge in [0.1, 0.15) is 5.82 Å². The van der Waals surface area contributed by atoms with Gasteiger partial charge in [0.15, 0.2) is 0 Å². The molecule has 5 heteroatoms. The molecule has 0 aliphatic rings. The van der Waals surface area contributed by atoms with Crippen molar-refractivity contribution in [3.8, 4) is 0 Å². The Hall–Kier alpha value is -0.800.